The SMILES string of the molecule is N#CCOC(=O)c1ccccc1NS(=O)(=O)c1ccc(Br)s1. The zero-order chi connectivity index (χ0) is 16.2. The molecule has 0 amide bonds. The van der Waals surface area contributed by atoms with Crippen LogP contribution in [0.4, 0.5) is 5.69 Å². The molecule has 0 aliphatic heterocycles. The van der Waals surface area contributed by atoms with E-state index in [1.807, 2.05) is 0 Å². The molecule has 2 rings (SSSR count). The number of halogens is 1. The van der Waals surface area contributed by atoms with E-state index < -0.39 is 22.6 Å². The quantitative estimate of drug-likeness (QED) is 0.777. The molecule has 0 aliphatic rings. The lowest BCUT2D eigenvalue weighted by Crippen LogP contribution is -2.15. The Morgan fingerprint density at radius 2 is 2.05 bits per heavy atom. The van der Waals surface area contributed by atoms with Crippen LogP contribution >= 0.6 is 27.3 Å². The normalized spacial score (nSPS) is 10.7. The van der Waals surface area contributed by atoms with Crippen molar-refractivity contribution in [1.82, 2.24) is 0 Å². The van der Waals surface area contributed by atoms with Crippen molar-refractivity contribution >= 4 is 48.9 Å². The fourth-order valence-electron chi connectivity index (χ4n) is 1.56. The molecule has 0 aliphatic carbocycles. The summed E-state index contributed by atoms with van der Waals surface area (Å²) in [5, 5.41) is 8.43. The highest BCUT2D eigenvalue weighted by Crippen LogP contribution is 2.28. The summed E-state index contributed by atoms with van der Waals surface area (Å²) in [7, 11) is -3.80. The summed E-state index contributed by atoms with van der Waals surface area (Å²) in [4.78, 5) is 11.8. The first-order chi connectivity index (χ1) is 10.4. The molecule has 9 heteroatoms. The number of benzene rings is 1. The first-order valence-electron chi connectivity index (χ1n) is 5.85. The number of esters is 1. The second-order valence-electron chi connectivity index (χ2n) is 3.94. The first-order valence-corrected chi connectivity index (χ1v) is 8.94. The largest absolute Gasteiger partial charge is 0.447 e. The van der Waals surface area contributed by atoms with Gasteiger partial charge in [0.15, 0.2) is 6.61 Å². The molecule has 0 bridgehead atoms. The van der Waals surface area contributed by atoms with Crippen LogP contribution in [-0.2, 0) is 14.8 Å². The Kier molecular flexibility index (Phi) is 5.18. The van der Waals surface area contributed by atoms with Crippen LogP contribution in [0, 0.1) is 11.3 Å². The van der Waals surface area contributed by atoms with E-state index in [0.717, 1.165) is 11.3 Å². The number of nitrogens with one attached hydrogen (secondary N) is 1. The Balaban J connectivity index is 2.30. The molecule has 0 unspecified atom stereocenters. The fraction of sp³-hybridized carbons (Fsp3) is 0.0769. The Morgan fingerprint density at radius 1 is 1.32 bits per heavy atom. The molecular weight excluding hydrogens is 392 g/mol. The fourth-order valence-corrected chi connectivity index (χ4v) is 4.65. The van der Waals surface area contributed by atoms with Gasteiger partial charge in [-0.15, -0.1) is 11.3 Å². The summed E-state index contributed by atoms with van der Waals surface area (Å²) in [6.45, 7) is -0.405. The molecule has 114 valence electrons. The van der Waals surface area contributed by atoms with Crippen molar-refractivity contribution in [2.45, 2.75) is 4.21 Å². The summed E-state index contributed by atoms with van der Waals surface area (Å²) in [6, 6.07) is 10.8. The zero-order valence-corrected chi connectivity index (χ0v) is 14.2. The highest BCUT2D eigenvalue weighted by atomic mass is 79.9. The van der Waals surface area contributed by atoms with Crippen molar-refractivity contribution in [2.24, 2.45) is 0 Å². The van der Waals surface area contributed by atoms with Gasteiger partial charge in [-0.2, -0.15) is 5.26 Å². The third-order valence-corrected chi connectivity index (χ3v) is 5.95. The van der Waals surface area contributed by atoms with Crippen LogP contribution in [0.25, 0.3) is 0 Å². The van der Waals surface area contributed by atoms with Crippen LogP contribution < -0.4 is 4.72 Å². The number of carbonyl (C=O) groups excluding carboxylic acids is 1. The molecule has 22 heavy (non-hydrogen) atoms. The number of para-hydroxylation sites is 1. The Morgan fingerprint density at radius 3 is 2.68 bits per heavy atom. The number of nitrogens with zero attached hydrogens (tertiary/aromatic N) is 1. The van der Waals surface area contributed by atoms with Crippen molar-refractivity contribution in [3.8, 4) is 6.07 Å². The standard InChI is InChI=1S/C13H9BrN2O4S2/c14-11-5-6-12(21-11)22(18,19)16-10-4-2-1-3-9(10)13(17)20-8-7-15/h1-6,16H,8H2. The third-order valence-electron chi connectivity index (χ3n) is 2.47. The molecule has 1 aromatic carbocycles. The lowest BCUT2D eigenvalue weighted by Gasteiger charge is -2.10. The number of sulfonamides is 1. The Hall–Kier alpha value is -1.89. The minimum Gasteiger partial charge on any atom is -0.447 e. The number of hydrogen-bond donors (Lipinski definition) is 1. The van der Waals surface area contributed by atoms with E-state index >= 15 is 0 Å². The van der Waals surface area contributed by atoms with Crippen LogP contribution in [0.5, 0.6) is 0 Å². The van der Waals surface area contributed by atoms with Gasteiger partial charge in [-0.05, 0) is 40.2 Å². The highest BCUT2D eigenvalue weighted by Gasteiger charge is 2.20. The van der Waals surface area contributed by atoms with Crippen LogP contribution in [0.1, 0.15) is 10.4 Å². The van der Waals surface area contributed by atoms with Crippen LogP contribution in [0.15, 0.2) is 44.4 Å². The van der Waals surface area contributed by atoms with Crippen LogP contribution in [0.3, 0.4) is 0 Å². The number of anilines is 1. The van der Waals surface area contributed by atoms with Gasteiger partial charge in [-0.1, -0.05) is 12.1 Å². The monoisotopic (exact) mass is 400 g/mol. The first kappa shape index (κ1) is 16.5. The van der Waals surface area contributed by atoms with Crippen LogP contribution in [-0.4, -0.2) is 21.0 Å². The summed E-state index contributed by atoms with van der Waals surface area (Å²) >= 11 is 4.25. The summed E-state index contributed by atoms with van der Waals surface area (Å²) in [6.07, 6.45) is 0. The van der Waals surface area contributed by atoms with E-state index in [9.17, 15) is 13.2 Å². The van der Waals surface area contributed by atoms with Gasteiger partial charge in [0.1, 0.15) is 10.3 Å². The number of hydrogen-bond acceptors (Lipinski definition) is 6. The average molecular weight is 401 g/mol. The maximum atomic E-state index is 12.3. The van der Waals surface area contributed by atoms with E-state index in [1.165, 1.54) is 18.2 Å². The number of carbonyl (C=O) groups is 1. The maximum absolute atomic E-state index is 12.3. The molecule has 0 atom stereocenters. The van der Waals surface area contributed by atoms with Gasteiger partial charge in [-0.3, -0.25) is 4.72 Å². The van der Waals surface area contributed by atoms with Crippen molar-refractivity contribution in [1.29, 1.82) is 5.26 Å². The zero-order valence-electron chi connectivity index (χ0n) is 10.9. The molecule has 2 aromatic rings. The maximum Gasteiger partial charge on any atom is 0.341 e. The Bertz CT molecular complexity index is 840. The minimum atomic E-state index is -3.80. The lowest BCUT2D eigenvalue weighted by atomic mass is 10.2. The molecule has 0 fully saturated rings. The lowest BCUT2D eigenvalue weighted by molar-refractivity contribution is 0.0556. The number of rotatable bonds is 5. The van der Waals surface area contributed by atoms with E-state index in [4.69, 9.17) is 10.00 Å². The predicted octanol–water partition coefficient (Wildman–Crippen LogP) is 2.99. The van der Waals surface area contributed by atoms with Crippen molar-refractivity contribution in [3.05, 3.63) is 45.7 Å². The molecule has 6 nitrogen and oxygen atoms in total. The molecule has 0 saturated heterocycles. The third kappa shape index (κ3) is 3.85. The molecule has 1 heterocycles. The van der Waals surface area contributed by atoms with Gasteiger partial charge in [0.2, 0.25) is 0 Å². The molecule has 0 saturated carbocycles. The van der Waals surface area contributed by atoms with E-state index in [1.54, 1.807) is 24.3 Å². The predicted molar refractivity (Wildman–Crippen MR) is 85.2 cm³/mol. The van der Waals surface area contributed by atoms with Gasteiger partial charge in [-0.25, -0.2) is 13.2 Å². The highest BCUT2D eigenvalue weighted by molar-refractivity contribution is 9.11. The second kappa shape index (κ2) is 6.91. The summed E-state index contributed by atoms with van der Waals surface area (Å²) in [5.41, 5.74) is 0.131. The van der Waals surface area contributed by atoms with Gasteiger partial charge < -0.3 is 4.74 Å². The molecule has 0 radical (unpaired) electrons. The summed E-state index contributed by atoms with van der Waals surface area (Å²) in [5.74, 6) is -0.771. The van der Waals surface area contributed by atoms with Gasteiger partial charge in [0, 0.05) is 0 Å². The van der Waals surface area contributed by atoms with E-state index in [0.29, 0.717) is 3.79 Å². The number of thiophene rings is 1. The van der Waals surface area contributed by atoms with Crippen molar-refractivity contribution in [2.75, 3.05) is 11.3 Å². The molecule has 0 spiro atoms. The molecule has 1 aromatic heterocycles. The van der Waals surface area contributed by atoms with Gasteiger partial charge in [0.25, 0.3) is 10.0 Å². The average Bonchev–Trinajstić information content (AvgIpc) is 2.92. The second-order valence-corrected chi connectivity index (χ2v) is 8.32. The Labute approximate surface area is 139 Å². The van der Waals surface area contributed by atoms with Crippen molar-refractivity contribution < 1.29 is 17.9 Å². The smallest absolute Gasteiger partial charge is 0.341 e. The number of nitriles is 1. The molecular formula is C13H9BrN2O4S2. The topological polar surface area (TPSA) is 96.3 Å². The van der Waals surface area contributed by atoms with E-state index in [2.05, 4.69) is 20.7 Å². The summed E-state index contributed by atoms with van der Waals surface area (Å²) < 4.78 is 32.4. The minimum absolute atomic E-state index is 0.0388. The molecule has 1 N–H and O–H groups in total. The van der Waals surface area contributed by atoms with E-state index in [-0.39, 0.29) is 15.5 Å². The number of ether oxygens (including phenoxy) is 1. The van der Waals surface area contributed by atoms with Gasteiger partial charge >= 0.3 is 5.97 Å². The van der Waals surface area contributed by atoms with Crippen LogP contribution in [0.2, 0.25) is 0 Å². The van der Waals surface area contributed by atoms with Gasteiger partial charge in [0.05, 0.1) is 15.0 Å². The van der Waals surface area contributed by atoms with Crippen molar-refractivity contribution in [3.63, 3.8) is 0 Å².